The summed E-state index contributed by atoms with van der Waals surface area (Å²) in [5, 5.41) is 10.7. The fourth-order valence-electron chi connectivity index (χ4n) is 2.24. The molecule has 19 heavy (non-hydrogen) atoms. The van der Waals surface area contributed by atoms with Crippen LogP contribution in [0.15, 0.2) is 0 Å². The zero-order valence-electron chi connectivity index (χ0n) is 12.9. The van der Waals surface area contributed by atoms with Gasteiger partial charge in [-0.15, -0.1) is 0 Å². The summed E-state index contributed by atoms with van der Waals surface area (Å²) in [6, 6.07) is 0.482. The van der Waals surface area contributed by atoms with Crippen molar-refractivity contribution in [2.75, 3.05) is 11.9 Å². The van der Waals surface area contributed by atoms with Crippen LogP contribution in [0.2, 0.25) is 0 Å². The molecule has 1 heterocycles. The van der Waals surface area contributed by atoms with Crippen LogP contribution in [-0.4, -0.2) is 28.3 Å². The van der Waals surface area contributed by atoms with Gasteiger partial charge in [-0.2, -0.15) is 5.10 Å². The minimum atomic E-state index is 0.0305. The first-order chi connectivity index (χ1) is 8.86. The van der Waals surface area contributed by atoms with Gasteiger partial charge >= 0.3 is 0 Å². The molecule has 0 saturated carbocycles. The molecule has 1 aromatic rings. The molecule has 0 saturated heterocycles. The number of carbonyl (C=O) groups excluding carboxylic acids is 1. The average Bonchev–Trinajstić information content (AvgIpc) is 2.57. The number of nitrogens with one attached hydrogen (secondary N) is 2. The van der Waals surface area contributed by atoms with Crippen molar-refractivity contribution in [1.82, 2.24) is 15.1 Å². The van der Waals surface area contributed by atoms with Crippen molar-refractivity contribution >= 4 is 11.6 Å². The molecule has 0 aliphatic heterocycles. The molecule has 1 amide bonds. The third-order valence-electron chi connectivity index (χ3n) is 3.12. The van der Waals surface area contributed by atoms with Gasteiger partial charge in [0.25, 0.3) is 0 Å². The molecule has 2 N–H and O–H groups in total. The van der Waals surface area contributed by atoms with E-state index in [2.05, 4.69) is 29.6 Å². The number of nitrogens with zero attached hydrogens (tertiary/aromatic N) is 2. The summed E-state index contributed by atoms with van der Waals surface area (Å²) in [4.78, 5) is 12.0. The predicted octanol–water partition coefficient (Wildman–Crippen LogP) is 2.41. The zero-order chi connectivity index (χ0) is 14.6. The smallest absolute Gasteiger partial charge is 0.226 e. The van der Waals surface area contributed by atoms with Gasteiger partial charge in [-0.25, -0.2) is 0 Å². The van der Waals surface area contributed by atoms with Gasteiger partial charge in [0.15, 0.2) is 0 Å². The Labute approximate surface area is 115 Å². The third kappa shape index (κ3) is 4.06. The number of carbonyl (C=O) groups is 1. The molecule has 0 bridgehead atoms. The Hall–Kier alpha value is -1.36. The molecule has 108 valence electrons. The number of amides is 1. The number of anilines is 1. The average molecular weight is 266 g/mol. The zero-order valence-corrected chi connectivity index (χ0v) is 12.9. The van der Waals surface area contributed by atoms with Crippen LogP contribution in [0.5, 0.6) is 0 Å². The van der Waals surface area contributed by atoms with E-state index in [-0.39, 0.29) is 11.9 Å². The van der Waals surface area contributed by atoms with E-state index in [1.807, 2.05) is 32.4 Å². The lowest BCUT2D eigenvalue weighted by Crippen LogP contribution is -2.30. The largest absolute Gasteiger partial charge is 0.323 e. The Kier molecular flexibility index (Phi) is 5.54. The van der Waals surface area contributed by atoms with Crippen molar-refractivity contribution in [2.45, 2.75) is 60.0 Å². The fourth-order valence-corrected chi connectivity index (χ4v) is 2.24. The summed E-state index contributed by atoms with van der Waals surface area (Å²) in [5.74, 6) is 0.0305. The van der Waals surface area contributed by atoms with Crippen molar-refractivity contribution in [2.24, 2.45) is 0 Å². The van der Waals surface area contributed by atoms with Gasteiger partial charge < -0.3 is 10.6 Å². The molecule has 5 heteroatoms. The molecule has 1 rings (SSSR count). The van der Waals surface area contributed by atoms with E-state index in [1.165, 1.54) is 0 Å². The molecule has 0 aliphatic carbocycles. The molecule has 0 aliphatic rings. The van der Waals surface area contributed by atoms with Crippen LogP contribution < -0.4 is 10.6 Å². The number of hydrogen-bond donors (Lipinski definition) is 2. The molecule has 1 atom stereocenters. The van der Waals surface area contributed by atoms with E-state index in [0.29, 0.717) is 12.5 Å². The van der Waals surface area contributed by atoms with Crippen LogP contribution in [0.3, 0.4) is 0 Å². The summed E-state index contributed by atoms with van der Waals surface area (Å²) >= 11 is 0. The maximum Gasteiger partial charge on any atom is 0.226 e. The van der Waals surface area contributed by atoms with Crippen LogP contribution in [0.25, 0.3) is 0 Å². The van der Waals surface area contributed by atoms with E-state index in [1.54, 1.807) is 0 Å². The maximum atomic E-state index is 12.0. The van der Waals surface area contributed by atoms with Gasteiger partial charge in [0, 0.05) is 18.5 Å². The number of aromatic nitrogens is 2. The number of hydrogen-bond acceptors (Lipinski definition) is 3. The minimum absolute atomic E-state index is 0.0305. The van der Waals surface area contributed by atoms with Crippen LogP contribution in [0.1, 0.15) is 51.5 Å². The SMILES string of the molecule is CCNC(C)CC(=O)Nc1c(C)nn(C(C)C)c1C. The highest BCUT2D eigenvalue weighted by atomic mass is 16.1. The highest BCUT2D eigenvalue weighted by molar-refractivity contribution is 5.92. The van der Waals surface area contributed by atoms with Crippen molar-refractivity contribution < 1.29 is 4.79 Å². The predicted molar refractivity (Wildman–Crippen MR) is 78.5 cm³/mol. The standard InChI is InChI=1S/C14H26N4O/c1-7-15-10(4)8-13(19)16-14-11(5)17-18(9(2)3)12(14)6/h9-10,15H,7-8H2,1-6H3,(H,16,19). The van der Waals surface area contributed by atoms with Crippen molar-refractivity contribution in [1.29, 1.82) is 0 Å². The Morgan fingerprint density at radius 2 is 1.95 bits per heavy atom. The summed E-state index contributed by atoms with van der Waals surface area (Å²) in [5.41, 5.74) is 2.73. The minimum Gasteiger partial charge on any atom is -0.323 e. The molecule has 5 nitrogen and oxygen atoms in total. The summed E-state index contributed by atoms with van der Waals surface area (Å²) < 4.78 is 1.94. The molecule has 1 unspecified atom stereocenters. The van der Waals surface area contributed by atoms with Crippen molar-refractivity contribution in [3.63, 3.8) is 0 Å². The van der Waals surface area contributed by atoms with E-state index < -0.39 is 0 Å². The van der Waals surface area contributed by atoms with E-state index in [0.717, 1.165) is 23.6 Å². The summed E-state index contributed by atoms with van der Waals surface area (Å²) in [6.07, 6.45) is 0.472. The van der Waals surface area contributed by atoms with Gasteiger partial charge in [0.2, 0.25) is 5.91 Å². The molecular weight excluding hydrogens is 240 g/mol. The van der Waals surface area contributed by atoms with Crippen LogP contribution >= 0.6 is 0 Å². The lowest BCUT2D eigenvalue weighted by molar-refractivity contribution is -0.116. The molecular formula is C14H26N4O. The monoisotopic (exact) mass is 266 g/mol. The first-order valence-corrected chi connectivity index (χ1v) is 6.95. The third-order valence-corrected chi connectivity index (χ3v) is 3.12. The maximum absolute atomic E-state index is 12.0. The first kappa shape index (κ1) is 15.7. The highest BCUT2D eigenvalue weighted by Gasteiger charge is 2.16. The molecule has 0 fully saturated rings. The fraction of sp³-hybridized carbons (Fsp3) is 0.714. The molecule has 0 spiro atoms. The molecule has 1 aromatic heterocycles. The van der Waals surface area contributed by atoms with Crippen LogP contribution in [0.4, 0.5) is 5.69 Å². The van der Waals surface area contributed by atoms with Crippen molar-refractivity contribution in [3.05, 3.63) is 11.4 Å². The Morgan fingerprint density at radius 1 is 1.32 bits per heavy atom. The van der Waals surface area contributed by atoms with Crippen molar-refractivity contribution in [3.8, 4) is 0 Å². The van der Waals surface area contributed by atoms with Gasteiger partial charge in [0.1, 0.15) is 0 Å². The van der Waals surface area contributed by atoms with E-state index in [4.69, 9.17) is 0 Å². The molecule has 0 aromatic carbocycles. The quantitative estimate of drug-likeness (QED) is 0.831. The van der Waals surface area contributed by atoms with E-state index >= 15 is 0 Å². The Morgan fingerprint density at radius 3 is 2.42 bits per heavy atom. The Bertz CT molecular complexity index is 437. The number of aryl methyl sites for hydroxylation is 1. The van der Waals surface area contributed by atoms with Gasteiger partial charge in [-0.1, -0.05) is 6.92 Å². The molecule has 0 radical (unpaired) electrons. The van der Waals surface area contributed by atoms with Gasteiger partial charge in [0.05, 0.1) is 17.1 Å². The Balaban J connectivity index is 2.74. The van der Waals surface area contributed by atoms with Gasteiger partial charge in [-0.05, 0) is 41.2 Å². The lowest BCUT2D eigenvalue weighted by atomic mass is 10.2. The van der Waals surface area contributed by atoms with Gasteiger partial charge in [-0.3, -0.25) is 9.48 Å². The van der Waals surface area contributed by atoms with Crippen LogP contribution in [0, 0.1) is 13.8 Å². The summed E-state index contributed by atoms with van der Waals surface area (Å²) in [6.45, 7) is 13.0. The number of rotatable bonds is 6. The first-order valence-electron chi connectivity index (χ1n) is 6.95. The second-order valence-corrected chi connectivity index (χ2v) is 5.30. The lowest BCUT2D eigenvalue weighted by Gasteiger charge is -2.13. The second-order valence-electron chi connectivity index (χ2n) is 5.30. The normalized spacial score (nSPS) is 12.8. The highest BCUT2D eigenvalue weighted by Crippen LogP contribution is 2.22. The topological polar surface area (TPSA) is 59.0 Å². The second kappa shape index (κ2) is 6.70. The van der Waals surface area contributed by atoms with E-state index in [9.17, 15) is 4.79 Å². The summed E-state index contributed by atoms with van der Waals surface area (Å²) in [7, 11) is 0. The van der Waals surface area contributed by atoms with Crippen LogP contribution in [-0.2, 0) is 4.79 Å².